The predicted molar refractivity (Wildman–Crippen MR) is 97.1 cm³/mol. The van der Waals surface area contributed by atoms with Gasteiger partial charge in [0, 0.05) is 21.9 Å². The van der Waals surface area contributed by atoms with Gasteiger partial charge in [-0.05, 0) is 49.4 Å². The highest BCUT2D eigenvalue weighted by Crippen LogP contribution is 2.14. The first-order valence-electron chi connectivity index (χ1n) is 7.61. The van der Waals surface area contributed by atoms with E-state index in [1.807, 2.05) is 19.1 Å². The summed E-state index contributed by atoms with van der Waals surface area (Å²) in [6, 6.07) is 15.7. The number of Topliss-reactive ketones (excluding diaryl/α,β-unsaturated/α-hetero) is 1. The average molecular weight is 399 g/mol. The fraction of sp³-hybridized carbons (Fsp3) is 0.105. The Labute approximate surface area is 153 Å². The zero-order chi connectivity index (χ0) is 17.8. The van der Waals surface area contributed by atoms with Crippen molar-refractivity contribution in [3.05, 3.63) is 82.1 Å². The number of aryl methyl sites for hydroxylation is 1. The first-order chi connectivity index (χ1) is 12.0. The number of carbonyl (C=O) groups is 2. The van der Waals surface area contributed by atoms with Gasteiger partial charge in [-0.1, -0.05) is 28.1 Å². The van der Waals surface area contributed by atoms with E-state index in [4.69, 9.17) is 4.74 Å². The third kappa shape index (κ3) is 4.03. The van der Waals surface area contributed by atoms with E-state index in [1.54, 1.807) is 53.3 Å². The van der Waals surface area contributed by atoms with Crippen LogP contribution in [-0.4, -0.2) is 28.1 Å². The number of ether oxygens (including phenoxy) is 1. The molecule has 0 N–H and O–H groups in total. The zero-order valence-corrected chi connectivity index (χ0v) is 15.1. The van der Waals surface area contributed by atoms with E-state index in [-0.39, 0.29) is 12.4 Å². The summed E-state index contributed by atoms with van der Waals surface area (Å²) in [5.41, 5.74) is 2.72. The molecule has 0 aliphatic rings. The number of aromatic nitrogens is 2. The van der Waals surface area contributed by atoms with Gasteiger partial charge < -0.3 is 4.74 Å². The van der Waals surface area contributed by atoms with Crippen molar-refractivity contribution in [2.24, 2.45) is 0 Å². The highest BCUT2D eigenvalue weighted by Gasteiger charge is 2.12. The third-order valence-corrected chi connectivity index (χ3v) is 4.15. The number of halogens is 1. The van der Waals surface area contributed by atoms with Crippen LogP contribution >= 0.6 is 15.9 Å². The summed E-state index contributed by atoms with van der Waals surface area (Å²) in [6.45, 7) is 1.65. The third-order valence-electron chi connectivity index (χ3n) is 3.66. The van der Waals surface area contributed by atoms with Crippen molar-refractivity contribution >= 4 is 27.7 Å². The van der Waals surface area contributed by atoms with E-state index in [9.17, 15) is 9.59 Å². The molecule has 0 bridgehead atoms. The SMILES string of the molecule is Cc1ccnn1-c1ccc(C(=O)OCC(=O)c2cccc(Br)c2)cc1. The molecule has 3 aromatic rings. The fourth-order valence-electron chi connectivity index (χ4n) is 2.34. The van der Waals surface area contributed by atoms with E-state index in [0.29, 0.717) is 11.1 Å². The van der Waals surface area contributed by atoms with Gasteiger partial charge in [0.25, 0.3) is 0 Å². The Balaban J connectivity index is 1.63. The minimum absolute atomic E-state index is 0.251. The first-order valence-corrected chi connectivity index (χ1v) is 8.41. The van der Waals surface area contributed by atoms with Crippen LogP contribution in [0.15, 0.2) is 65.3 Å². The lowest BCUT2D eigenvalue weighted by molar-refractivity contribution is 0.0475. The van der Waals surface area contributed by atoms with Crippen molar-refractivity contribution in [3.63, 3.8) is 0 Å². The van der Waals surface area contributed by atoms with Crippen LogP contribution in [0.5, 0.6) is 0 Å². The van der Waals surface area contributed by atoms with Crippen molar-refractivity contribution in [1.29, 1.82) is 0 Å². The van der Waals surface area contributed by atoms with Gasteiger partial charge in [0.1, 0.15) is 0 Å². The van der Waals surface area contributed by atoms with E-state index >= 15 is 0 Å². The summed E-state index contributed by atoms with van der Waals surface area (Å²) in [4.78, 5) is 24.2. The number of esters is 1. The molecule has 6 heteroatoms. The number of ketones is 1. The van der Waals surface area contributed by atoms with Gasteiger partial charge in [0.2, 0.25) is 0 Å². The lowest BCUT2D eigenvalue weighted by Gasteiger charge is -2.07. The molecule has 0 saturated heterocycles. The maximum atomic E-state index is 12.1. The molecule has 0 aliphatic carbocycles. The summed E-state index contributed by atoms with van der Waals surface area (Å²) in [5.74, 6) is -0.787. The maximum Gasteiger partial charge on any atom is 0.338 e. The molecular formula is C19H15BrN2O3. The highest BCUT2D eigenvalue weighted by molar-refractivity contribution is 9.10. The molecule has 0 aliphatic heterocycles. The van der Waals surface area contributed by atoms with Crippen molar-refractivity contribution in [2.45, 2.75) is 6.92 Å². The summed E-state index contributed by atoms with van der Waals surface area (Å²) in [7, 11) is 0. The monoisotopic (exact) mass is 398 g/mol. The van der Waals surface area contributed by atoms with Crippen LogP contribution in [0.4, 0.5) is 0 Å². The summed E-state index contributed by atoms with van der Waals surface area (Å²) in [6.07, 6.45) is 1.71. The first kappa shape index (κ1) is 17.1. The van der Waals surface area contributed by atoms with Crippen LogP contribution in [0.2, 0.25) is 0 Å². The van der Waals surface area contributed by atoms with Gasteiger partial charge in [0.15, 0.2) is 12.4 Å². The molecule has 0 atom stereocenters. The molecule has 0 spiro atoms. The quantitative estimate of drug-likeness (QED) is 0.481. The maximum absolute atomic E-state index is 12.1. The zero-order valence-electron chi connectivity index (χ0n) is 13.5. The standard InChI is InChI=1S/C19H15BrN2O3/c1-13-9-10-21-22(13)17-7-5-14(6-8-17)19(24)25-12-18(23)15-3-2-4-16(20)11-15/h2-11H,12H2,1H3. The Kier molecular flexibility index (Phi) is 5.09. The minimum atomic E-state index is -0.535. The van der Waals surface area contributed by atoms with Gasteiger partial charge in [-0.3, -0.25) is 4.79 Å². The molecule has 5 nitrogen and oxygen atoms in total. The lowest BCUT2D eigenvalue weighted by Crippen LogP contribution is -2.14. The number of hydrogen-bond acceptors (Lipinski definition) is 4. The predicted octanol–water partition coefficient (Wildman–Crippen LogP) is 3.98. The Bertz CT molecular complexity index is 916. The molecule has 126 valence electrons. The molecule has 0 radical (unpaired) electrons. The van der Waals surface area contributed by atoms with Crippen molar-refractivity contribution in [1.82, 2.24) is 9.78 Å². The highest BCUT2D eigenvalue weighted by atomic mass is 79.9. The number of hydrogen-bond donors (Lipinski definition) is 0. The smallest absolute Gasteiger partial charge is 0.338 e. The van der Waals surface area contributed by atoms with Crippen LogP contribution in [0, 0.1) is 6.92 Å². The molecule has 2 aromatic carbocycles. The van der Waals surface area contributed by atoms with E-state index < -0.39 is 5.97 Å². The second kappa shape index (κ2) is 7.44. The Morgan fingerprint density at radius 2 is 1.84 bits per heavy atom. The number of rotatable bonds is 5. The van der Waals surface area contributed by atoms with Gasteiger partial charge in [-0.2, -0.15) is 5.10 Å². The van der Waals surface area contributed by atoms with Gasteiger partial charge >= 0.3 is 5.97 Å². The van der Waals surface area contributed by atoms with Gasteiger partial charge in [0.05, 0.1) is 11.3 Å². The molecule has 1 aromatic heterocycles. The Hall–Kier alpha value is -2.73. The van der Waals surface area contributed by atoms with Crippen LogP contribution in [0.25, 0.3) is 5.69 Å². The molecule has 0 saturated carbocycles. The summed E-state index contributed by atoms with van der Waals surface area (Å²) < 4.78 is 7.68. The molecule has 25 heavy (non-hydrogen) atoms. The summed E-state index contributed by atoms with van der Waals surface area (Å²) in [5, 5.41) is 4.21. The van der Waals surface area contributed by atoms with E-state index in [2.05, 4.69) is 21.0 Å². The van der Waals surface area contributed by atoms with Crippen LogP contribution < -0.4 is 0 Å². The molecule has 0 amide bonds. The number of carbonyl (C=O) groups excluding carboxylic acids is 2. The normalized spacial score (nSPS) is 10.5. The Morgan fingerprint density at radius 1 is 1.08 bits per heavy atom. The summed E-state index contributed by atoms with van der Waals surface area (Å²) >= 11 is 3.31. The average Bonchev–Trinajstić information content (AvgIpc) is 3.05. The second-order valence-electron chi connectivity index (χ2n) is 5.44. The second-order valence-corrected chi connectivity index (χ2v) is 6.36. The minimum Gasteiger partial charge on any atom is -0.454 e. The van der Waals surface area contributed by atoms with Crippen molar-refractivity contribution < 1.29 is 14.3 Å². The molecule has 0 fully saturated rings. The molecule has 0 unspecified atom stereocenters. The number of benzene rings is 2. The van der Waals surface area contributed by atoms with E-state index in [0.717, 1.165) is 15.9 Å². The van der Waals surface area contributed by atoms with Gasteiger partial charge in [-0.15, -0.1) is 0 Å². The Morgan fingerprint density at radius 3 is 2.48 bits per heavy atom. The van der Waals surface area contributed by atoms with Crippen LogP contribution in [0.3, 0.4) is 0 Å². The van der Waals surface area contributed by atoms with Crippen molar-refractivity contribution in [2.75, 3.05) is 6.61 Å². The molecule has 1 heterocycles. The lowest BCUT2D eigenvalue weighted by atomic mass is 10.1. The van der Waals surface area contributed by atoms with Gasteiger partial charge in [-0.25, -0.2) is 9.48 Å². The van der Waals surface area contributed by atoms with Crippen LogP contribution in [-0.2, 0) is 4.74 Å². The molecular weight excluding hydrogens is 384 g/mol. The fourth-order valence-corrected chi connectivity index (χ4v) is 2.74. The van der Waals surface area contributed by atoms with Crippen molar-refractivity contribution in [3.8, 4) is 5.69 Å². The van der Waals surface area contributed by atoms with E-state index in [1.165, 1.54) is 0 Å². The van der Waals surface area contributed by atoms with Crippen LogP contribution in [0.1, 0.15) is 26.4 Å². The largest absolute Gasteiger partial charge is 0.454 e. The topological polar surface area (TPSA) is 61.2 Å². The number of nitrogens with zero attached hydrogens (tertiary/aromatic N) is 2. The molecule has 3 rings (SSSR count).